The van der Waals surface area contributed by atoms with Crippen LogP contribution in [0.1, 0.15) is 24.2 Å². The molecule has 0 spiro atoms. The molecule has 2 N–H and O–H groups in total. The molecular weight excluding hydrogens is 338 g/mol. The number of carbonyl (C=O) groups is 1. The summed E-state index contributed by atoms with van der Waals surface area (Å²) in [5.74, 6) is -2.24. The lowest BCUT2D eigenvalue weighted by atomic mass is 10.2. The van der Waals surface area contributed by atoms with Crippen molar-refractivity contribution < 1.29 is 22.0 Å². The molecule has 2 aromatic rings. The van der Waals surface area contributed by atoms with E-state index in [-0.39, 0.29) is 22.2 Å². The van der Waals surface area contributed by atoms with Gasteiger partial charge < -0.3 is 5.32 Å². The highest BCUT2D eigenvalue weighted by molar-refractivity contribution is 7.89. The van der Waals surface area contributed by atoms with Gasteiger partial charge in [-0.1, -0.05) is 0 Å². The van der Waals surface area contributed by atoms with Crippen molar-refractivity contribution >= 4 is 21.6 Å². The molecule has 0 heterocycles. The molecule has 0 unspecified atom stereocenters. The van der Waals surface area contributed by atoms with E-state index in [0.29, 0.717) is 6.07 Å². The highest BCUT2D eigenvalue weighted by Crippen LogP contribution is 2.16. The summed E-state index contributed by atoms with van der Waals surface area (Å²) < 4.78 is 52.6. The van der Waals surface area contributed by atoms with Crippen LogP contribution in [0.25, 0.3) is 0 Å². The van der Waals surface area contributed by atoms with Crippen LogP contribution in [0, 0.1) is 11.6 Å². The van der Waals surface area contributed by atoms with Gasteiger partial charge >= 0.3 is 0 Å². The Morgan fingerprint density at radius 3 is 2.04 bits per heavy atom. The Bertz CT molecular complexity index is 830. The van der Waals surface area contributed by atoms with Gasteiger partial charge in [0, 0.05) is 23.4 Å². The fraction of sp³-hybridized carbons (Fsp3) is 0.188. The van der Waals surface area contributed by atoms with Gasteiger partial charge in [-0.15, -0.1) is 0 Å². The normalized spacial score (nSPS) is 11.5. The fourth-order valence-corrected chi connectivity index (χ4v) is 3.24. The minimum absolute atomic E-state index is 0.0181. The van der Waals surface area contributed by atoms with E-state index in [9.17, 15) is 22.0 Å². The van der Waals surface area contributed by atoms with Crippen LogP contribution in [-0.4, -0.2) is 20.4 Å². The summed E-state index contributed by atoms with van der Waals surface area (Å²) in [6.07, 6.45) is 0. The minimum atomic E-state index is -3.65. The Kier molecular flexibility index (Phi) is 5.30. The molecule has 2 rings (SSSR count). The fourth-order valence-electron chi connectivity index (χ4n) is 1.99. The molecule has 0 radical (unpaired) electrons. The number of amides is 1. The van der Waals surface area contributed by atoms with Crippen molar-refractivity contribution in [3.05, 3.63) is 59.7 Å². The lowest BCUT2D eigenvalue weighted by Gasteiger charge is -2.10. The summed E-state index contributed by atoms with van der Waals surface area (Å²) in [6, 6.07) is 7.59. The average molecular weight is 354 g/mol. The summed E-state index contributed by atoms with van der Waals surface area (Å²) in [7, 11) is -3.65. The highest BCUT2D eigenvalue weighted by atomic mass is 32.2. The number of nitrogens with one attached hydrogen (secondary N) is 2. The standard InChI is InChI=1S/C16H16F2N2O3S/c1-10(2)20-24(22,23)15-5-3-11(4-6-15)16(21)19-14-8-12(17)7-13(18)9-14/h3-10,20H,1-2H3,(H,19,21). The first-order chi connectivity index (χ1) is 11.2. The van der Waals surface area contributed by atoms with Crippen LogP contribution in [0.3, 0.4) is 0 Å². The van der Waals surface area contributed by atoms with Gasteiger partial charge in [0.25, 0.3) is 5.91 Å². The number of rotatable bonds is 5. The first-order valence-corrected chi connectivity index (χ1v) is 8.55. The molecule has 5 nitrogen and oxygen atoms in total. The molecule has 128 valence electrons. The Labute approximate surface area is 138 Å². The molecule has 0 aromatic heterocycles. The number of halogens is 2. The maximum Gasteiger partial charge on any atom is 0.255 e. The molecule has 24 heavy (non-hydrogen) atoms. The minimum Gasteiger partial charge on any atom is -0.322 e. The van der Waals surface area contributed by atoms with E-state index in [4.69, 9.17) is 0 Å². The zero-order valence-corrected chi connectivity index (χ0v) is 13.8. The molecule has 0 aliphatic rings. The summed E-state index contributed by atoms with van der Waals surface area (Å²) in [6.45, 7) is 3.38. The number of benzene rings is 2. The van der Waals surface area contributed by atoms with Crippen molar-refractivity contribution in [3.8, 4) is 0 Å². The molecule has 2 aromatic carbocycles. The van der Waals surface area contributed by atoms with Gasteiger partial charge in [-0.25, -0.2) is 21.9 Å². The van der Waals surface area contributed by atoms with Crippen molar-refractivity contribution in [2.75, 3.05) is 5.32 Å². The van der Waals surface area contributed by atoms with E-state index < -0.39 is 27.6 Å². The van der Waals surface area contributed by atoms with Gasteiger partial charge in [0.2, 0.25) is 10.0 Å². The van der Waals surface area contributed by atoms with Crippen molar-refractivity contribution in [3.63, 3.8) is 0 Å². The second kappa shape index (κ2) is 7.06. The Hall–Kier alpha value is -2.32. The molecule has 0 bridgehead atoms. The average Bonchev–Trinajstić information content (AvgIpc) is 2.45. The zero-order valence-electron chi connectivity index (χ0n) is 13.0. The van der Waals surface area contributed by atoms with Crippen molar-refractivity contribution in [2.24, 2.45) is 0 Å². The number of hydrogen-bond acceptors (Lipinski definition) is 3. The Morgan fingerprint density at radius 1 is 1.00 bits per heavy atom. The zero-order chi connectivity index (χ0) is 17.9. The molecule has 0 atom stereocenters. The van der Waals surface area contributed by atoms with Gasteiger partial charge in [0.05, 0.1) is 4.90 Å². The van der Waals surface area contributed by atoms with Crippen LogP contribution < -0.4 is 10.0 Å². The van der Waals surface area contributed by atoms with Crippen LogP contribution in [0.15, 0.2) is 47.4 Å². The Balaban J connectivity index is 2.17. The lowest BCUT2D eigenvalue weighted by molar-refractivity contribution is 0.102. The topological polar surface area (TPSA) is 75.3 Å². The van der Waals surface area contributed by atoms with E-state index in [1.807, 2.05) is 0 Å². The molecule has 8 heteroatoms. The quantitative estimate of drug-likeness (QED) is 0.867. The second-order valence-corrected chi connectivity index (χ2v) is 7.13. The van der Waals surface area contributed by atoms with E-state index >= 15 is 0 Å². The van der Waals surface area contributed by atoms with Crippen LogP contribution in [0.2, 0.25) is 0 Å². The first-order valence-electron chi connectivity index (χ1n) is 7.07. The molecule has 1 amide bonds. The molecule has 0 fully saturated rings. The third-order valence-corrected chi connectivity index (χ3v) is 4.61. The Morgan fingerprint density at radius 2 is 1.54 bits per heavy atom. The van der Waals surface area contributed by atoms with E-state index in [0.717, 1.165) is 12.1 Å². The first kappa shape index (κ1) is 18.0. The molecular formula is C16H16F2N2O3S. The molecule has 0 saturated heterocycles. The van der Waals surface area contributed by atoms with Crippen LogP contribution in [0.5, 0.6) is 0 Å². The maximum absolute atomic E-state index is 13.1. The third kappa shape index (κ3) is 4.59. The third-order valence-electron chi connectivity index (χ3n) is 2.94. The highest BCUT2D eigenvalue weighted by Gasteiger charge is 2.16. The molecule has 0 saturated carbocycles. The maximum atomic E-state index is 13.1. The predicted molar refractivity (Wildman–Crippen MR) is 86.2 cm³/mol. The largest absolute Gasteiger partial charge is 0.322 e. The van der Waals surface area contributed by atoms with Crippen LogP contribution >= 0.6 is 0 Å². The van der Waals surface area contributed by atoms with E-state index in [1.165, 1.54) is 24.3 Å². The van der Waals surface area contributed by atoms with Gasteiger partial charge in [0.15, 0.2) is 0 Å². The molecule has 0 aliphatic heterocycles. The van der Waals surface area contributed by atoms with Crippen molar-refractivity contribution in [1.82, 2.24) is 4.72 Å². The summed E-state index contributed by atoms with van der Waals surface area (Å²) in [5.41, 5.74) is 0.124. The number of sulfonamides is 1. The lowest BCUT2D eigenvalue weighted by Crippen LogP contribution is -2.30. The van der Waals surface area contributed by atoms with Gasteiger partial charge in [0.1, 0.15) is 11.6 Å². The van der Waals surface area contributed by atoms with Gasteiger partial charge in [-0.3, -0.25) is 4.79 Å². The van der Waals surface area contributed by atoms with E-state index in [1.54, 1.807) is 13.8 Å². The van der Waals surface area contributed by atoms with Crippen molar-refractivity contribution in [1.29, 1.82) is 0 Å². The monoisotopic (exact) mass is 354 g/mol. The van der Waals surface area contributed by atoms with Crippen LogP contribution in [-0.2, 0) is 10.0 Å². The number of carbonyl (C=O) groups excluding carboxylic acids is 1. The predicted octanol–water partition coefficient (Wildman–Crippen LogP) is 2.90. The molecule has 0 aliphatic carbocycles. The smallest absolute Gasteiger partial charge is 0.255 e. The van der Waals surface area contributed by atoms with E-state index in [2.05, 4.69) is 10.0 Å². The second-order valence-electron chi connectivity index (χ2n) is 5.41. The summed E-state index contributed by atoms with van der Waals surface area (Å²) >= 11 is 0. The number of anilines is 1. The van der Waals surface area contributed by atoms with Crippen LogP contribution in [0.4, 0.5) is 14.5 Å². The summed E-state index contributed by atoms with van der Waals surface area (Å²) in [5, 5.41) is 2.35. The van der Waals surface area contributed by atoms with Gasteiger partial charge in [-0.2, -0.15) is 0 Å². The van der Waals surface area contributed by atoms with Gasteiger partial charge in [-0.05, 0) is 50.2 Å². The van der Waals surface area contributed by atoms with Crippen molar-refractivity contribution in [2.45, 2.75) is 24.8 Å². The SMILES string of the molecule is CC(C)NS(=O)(=O)c1ccc(C(=O)Nc2cc(F)cc(F)c2)cc1. The summed E-state index contributed by atoms with van der Waals surface area (Å²) in [4.78, 5) is 12.1. The number of hydrogen-bond donors (Lipinski definition) is 2.